The van der Waals surface area contributed by atoms with E-state index in [2.05, 4.69) is 5.10 Å². The second-order valence-electron chi connectivity index (χ2n) is 4.55. The number of thiophene rings is 1. The van der Waals surface area contributed by atoms with Gasteiger partial charge in [-0.05, 0) is 23.9 Å². The van der Waals surface area contributed by atoms with Crippen molar-refractivity contribution in [3.63, 3.8) is 0 Å². The average molecular weight is 346 g/mol. The molecule has 0 aliphatic heterocycles. The number of likely N-dealkylation sites (N-methyl/N-ethyl adjacent to an activating group) is 1. The topological polar surface area (TPSA) is 55.2 Å². The Morgan fingerprint density at radius 1 is 1.48 bits per heavy atom. The van der Waals surface area contributed by atoms with Crippen LogP contribution in [0.15, 0.2) is 22.4 Å². The summed E-state index contributed by atoms with van der Waals surface area (Å²) < 4.78 is 1.01. The van der Waals surface area contributed by atoms with E-state index in [1.165, 1.54) is 6.20 Å². The fraction of sp³-hybridized carbons (Fsp3) is 0.308. The average Bonchev–Trinajstić information content (AvgIpc) is 2.85. The number of carbonyl (C=O) groups is 1. The lowest BCUT2D eigenvalue weighted by molar-refractivity contribution is -0.131. The molecule has 0 spiro atoms. The molecule has 2 aromatic rings. The van der Waals surface area contributed by atoms with Crippen LogP contribution in [0.2, 0.25) is 10.0 Å². The number of nitrogens with zero attached hydrogens (tertiary/aromatic N) is 3. The smallest absolute Gasteiger partial charge is 0.287 e. The summed E-state index contributed by atoms with van der Waals surface area (Å²) in [7, 11) is 1.68. The number of aryl methyl sites for hydroxylation is 1. The Kier molecular flexibility index (Phi) is 5.03. The van der Waals surface area contributed by atoms with Crippen LogP contribution in [0.3, 0.4) is 0 Å². The number of carbonyl (C=O) groups excluding carboxylic acids is 1. The fourth-order valence-electron chi connectivity index (χ4n) is 1.68. The molecule has 0 saturated carbocycles. The Bertz CT molecular complexity index is 726. The van der Waals surface area contributed by atoms with Gasteiger partial charge < -0.3 is 4.90 Å². The molecule has 2 heterocycles. The Labute approximate surface area is 135 Å². The van der Waals surface area contributed by atoms with Crippen molar-refractivity contribution in [2.45, 2.75) is 20.0 Å². The van der Waals surface area contributed by atoms with Crippen molar-refractivity contribution in [2.24, 2.45) is 0 Å². The van der Waals surface area contributed by atoms with Crippen molar-refractivity contribution in [1.82, 2.24) is 14.7 Å². The van der Waals surface area contributed by atoms with E-state index in [1.54, 1.807) is 23.3 Å². The molecule has 0 radical (unpaired) electrons. The second-order valence-corrected chi connectivity index (χ2v) is 6.33. The first kappa shape index (κ1) is 16.0. The maximum atomic E-state index is 12.2. The van der Waals surface area contributed by atoms with E-state index in [4.69, 9.17) is 23.2 Å². The lowest BCUT2D eigenvalue weighted by atomic mass is 10.3. The molecule has 0 atom stereocenters. The van der Waals surface area contributed by atoms with Gasteiger partial charge in [-0.3, -0.25) is 9.59 Å². The first-order valence-corrected chi connectivity index (χ1v) is 7.71. The minimum Gasteiger partial charge on any atom is -0.339 e. The number of hydrogen-bond acceptors (Lipinski definition) is 4. The van der Waals surface area contributed by atoms with Gasteiger partial charge in [-0.15, -0.1) is 11.3 Å². The van der Waals surface area contributed by atoms with Crippen LogP contribution < -0.4 is 5.56 Å². The molecule has 0 N–H and O–H groups in total. The zero-order valence-electron chi connectivity index (χ0n) is 11.5. The van der Waals surface area contributed by atoms with Gasteiger partial charge in [0.15, 0.2) is 0 Å². The van der Waals surface area contributed by atoms with Crippen LogP contribution in [0.4, 0.5) is 0 Å². The molecule has 8 heteroatoms. The molecule has 0 aromatic carbocycles. The lowest BCUT2D eigenvalue weighted by Gasteiger charge is -2.17. The van der Waals surface area contributed by atoms with E-state index >= 15 is 0 Å². The van der Waals surface area contributed by atoms with Crippen LogP contribution in [0, 0.1) is 6.92 Å². The number of hydrogen-bond donors (Lipinski definition) is 0. The summed E-state index contributed by atoms with van der Waals surface area (Å²) in [6, 6.07) is 2.00. The zero-order chi connectivity index (χ0) is 15.6. The molecule has 0 aliphatic carbocycles. The second kappa shape index (κ2) is 6.60. The Morgan fingerprint density at radius 2 is 2.19 bits per heavy atom. The van der Waals surface area contributed by atoms with Crippen molar-refractivity contribution in [1.29, 1.82) is 0 Å². The van der Waals surface area contributed by atoms with Gasteiger partial charge in [-0.25, -0.2) is 4.68 Å². The molecular weight excluding hydrogens is 333 g/mol. The molecule has 2 rings (SSSR count). The standard InChI is InChI=1S/C13H13Cl2N3O2S/c1-8-3-4-21-10(8)6-17(2)11(19)7-18-13(20)12(15)9(14)5-16-18/h3-5H,6-7H2,1-2H3. The van der Waals surface area contributed by atoms with Crippen molar-refractivity contribution < 1.29 is 4.79 Å². The van der Waals surface area contributed by atoms with Crippen molar-refractivity contribution in [3.05, 3.63) is 48.5 Å². The van der Waals surface area contributed by atoms with Gasteiger partial charge in [0.05, 0.1) is 17.8 Å². The van der Waals surface area contributed by atoms with Crippen LogP contribution >= 0.6 is 34.5 Å². The van der Waals surface area contributed by atoms with E-state index in [0.29, 0.717) is 6.54 Å². The monoisotopic (exact) mass is 345 g/mol. The molecular formula is C13H13Cl2N3O2S. The summed E-state index contributed by atoms with van der Waals surface area (Å²) in [5, 5.41) is 5.75. The van der Waals surface area contributed by atoms with E-state index < -0.39 is 5.56 Å². The molecule has 21 heavy (non-hydrogen) atoms. The highest BCUT2D eigenvalue weighted by atomic mass is 35.5. The lowest BCUT2D eigenvalue weighted by Crippen LogP contribution is -2.34. The third kappa shape index (κ3) is 3.64. The molecule has 0 aliphatic rings. The van der Waals surface area contributed by atoms with E-state index in [0.717, 1.165) is 15.1 Å². The minimum atomic E-state index is -0.571. The summed E-state index contributed by atoms with van der Waals surface area (Å²) in [6.07, 6.45) is 1.25. The number of amides is 1. The van der Waals surface area contributed by atoms with Crippen LogP contribution in [-0.4, -0.2) is 27.6 Å². The van der Waals surface area contributed by atoms with Crippen molar-refractivity contribution in [3.8, 4) is 0 Å². The molecule has 2 aromatic heterocycles. The summed E-state index contributed by atoms with van der Waals surface area (Å²) in [4.78, 5) is 26.6. The third-order valence-electron chi connectivity index (χ3n) is 3.00. The van der Waals surface area contributed by atoms with Gasteiger partial charge in [0.25, 0.3) is 5.56 Å². The molecule has 1 amide bonds. The molecule has 112 valence electrons. The summed E-state index contributed by atoms with van der Waals surface area (Å²) in [5.74, 6) is -0.226. The van der Waals surface area contributed by atoms with Crippen molar-refractivity contribution in [2.75, 3.05) is 7.05 Å². The summed E-state index contributed by atoms with van der Waals surface area (Å²) >= 11 is 13.0. The Morgan fingerprint density at radius 3 is 2.81 bits per heavy atom. The first-order chi connectivity index (χ1) is 9.90. The maximum absolute atomic E-state index is 12.2. The summed E-state index contributed by atoms with van der Waals surface area (Å²) in [5.41, 5.74) is 0.572. The zero-order valence-corrected chi connectivity index (χ0v) is 13.8. The van der Waals surface area contributed by atoms with Gasteiger partial charge in [0, 0.05) is 11.9 Å². The number of halogens is 2. The molecule has 0 saturated heterocycles. The van der Waals surface area contributed by atoms with Gasteiger partial charge in [0.1, 0.15) is 11.6 Å². The number of aromatic nitrogens is 2. The highest BCUT2D eigenvalue weighted by molar-refractivity contribution is 7.10. The Hall–Kier alpha value is -1.37. The predicted octanol–water partition coefficient (Wildman–Crippen LogP) is 2.58. The van der Waals surface area contributed by atoms with Gasteiger partial charge in [-0.2, -0.15) is 5.10 Å². The normalized spacial score (nSPS) is 10.7. The number of rotatable bonds is 4. The fourth-order valence-corrected chi connectivity index (χ4v) is 2.91. The van der Waals surface area contributed by atoms with Gasteiger partial charge in [-0.1, -0.05) is 23.2 Å². The first-order valence-electron chi connectivity index (χ1n) is 6.08. The predicted molar refractivity (Wildman–Crippen MR) is 84.0 cm³/mol. The third-order valence-corrected chi connectivity index (χ3v) is 4.76. The highest BCUT2D eigenvalue weighted by Crippen LogP contribution is 2.17. The van der Waals surface area contributed by atoms with E-state index in [1.807, 2.05) is 18.4 Å². The largest absolute Gasteiger partial charge is 0.339 e. The van der Waals surface area contributed by atoms with E-state index in [-0.39, 0.29) is 22.5 Å². The maximum Gasteiger partial charge on any atom is 0.287 e. The summed E-state index contributed by atoms with van der Waals surface area (Å²) in [6.45, 7) is 2.32. The van der Waals surface area contributed by atoms with E-state index in [9.17, 15) is 9.59 Å². The van der Waals surface area contributed by atoms with Crippen LogP contribution in [0.25, 0.3) is 0 Å². The SMILES string of the molecule is Cc1ccsc1CN(C)C(=O)Cn1ncc(Cl)c(Cl)c1=O. The highest BCUT2D eigenvalue weighted by Gasteiger charge is 2.15. The van der Waals surface area contributed by atoms with Crippen LogP contribution in [-0.2, 0) is 17.9 Å². The molecule has 0 unspecified atom stereocenters. The Balaban J connectivity index is 2.10. The van der Waals surface area contributed by atoms with Crippen LogP contribution in [0.1, 0.15) is 10.4 Å². The quantitative estimate of drug-likeness (QED) is 0.855. The minimum absolute atomic E-state index is 0.0768. The van der Waals surface area contributed by atoms with Crippen molar-refractivity contribution >= 4 is 40.4 Å². The molecule has 0 bridgehead atoms. The molecule has 5 nitrogen and oxygen atoms in total. The van der Waals surface area contributed by atoms with Gasteiger partial charge >= 0.3 is 0 Å². The van der Waals surface area contributed by atoms with Crippen LogP contribution in [0.5, 0.6) is 0 Å². The van der Waals surface area contributed by atoms with Gasteiger partial charge in [0.2, 0.25) is 5.91 Å². The molecule has 0 fully saturated rings.